The molecule has 0 spiro atoms. The molecule has 0 heterocycles. The van der Waals surface area contributed by atoms with E-state index in [1.165, 1.54) is 24.0 Å². The predicted molar refractivity (Wildman–Crippen MR) is 80.8 cm³/mol. The largest absolute Gasteiger partial charge is 0.392 e. The number of nitrogens with zero attached hydrogens (tertiary/aromatic N) is 1. The Kier molecular flexibility index (Phi) is 10.7. The van der Waals surface area contributed by atoms with Crippen LogP contribution in [0.25, 0.3) is 0 Å². The molecule has 2 heteroatoms. The summed E-state index contributed by atoms with van der Waals surface area (Å²) in [5.74, 6) is 0. The molecule has 0 saturated heterocycles. The van der Waals surface area contributed by atoms with E-state index in [4.69, 9.17) is 5.11 Å². The van der Waals surface area contributed by atoms with Gasteiger partial charge in [-0.15, -0.1) is 6.58 Å². The third-order valence-electron chi connectivity index (χ3n) is 3.02. The normalized spacial score (nSPS) is 13.2. The second-order valence-electron chi connectivity index (χ2n) is 4.98. The quantitative estimate of drug-likeness (QED) is 0.600. The van der Waals surface area contributed by atoms with Gasteiger partial charge in [0.2, 0.25) is 0 Å². The molecule has 0 atom stereocenters. The van der Waals surface area contributed by atoms with Crippen LogP contribution in [0.5, 0.6) is 0 Å². The van der Waals surface area contributed by atoms with Crippen LogP contribution in [0.3, 0.4) is 0 Å². The van der Waals surface area contributed by atoms with E-state index in [1.807, 2.05) is 12.2 Å². The summed E-state index contributed by atoms with van der Waals surface area (Å²) in [6.45, 7) is 10.3. The van der Waals surface area contributed by atoms with Gasteiger partial charge in [-0.05, 0) is 53.1 Å². The van der Waals surface area contributed by atoms with Crippen molar-refractivity contribution >= 4 is 0 Å². The van der Waals surface area contributed by atoms with Gasteiger partial charge in [-0.2, -0.15) is 0 Å². The number of aliphatic hydroxyl groups is 1. The van der Waals surface area contributed by atoms with Crippen molar-refractivity contribution in [3.8, 4) is 0 Å². The Bertz CT molecular complexity index is 279. The molecule has 0 aromatic rings. The minimum absolute atomic E-state index is 0.157. The van der Waals surface area contributed by atoms with Crippen LogP contribution in [-0.4, -0.2) is 36.8 Å². The van der Waals surface area contributed by atoms with E-state index in [-0.39, 0.29) is 6.61 Å². The van der Waals surface area contributed by atoms with Gasteiger partial charge < -0.3 is 10.0 Å². The van der Waals surface area contributed by atoms with Gasteiger partial charge >= 0.3 is 0 Å². The topological polar surface area (TPSA) is 23.5 Å². The molecule has 0 unspecified atom stereocenters. The molecule has 1 N–H and O–H groups in total. The van der Waals surface area contributed by atoms with E-state index < -0.39 is 0 Å². The third-order valence-corrected chi connectivity index (χ3v) is 3.02. The highest BCUT2D eigenvalue weighted by atomic mass is 16.2. The fourth-order valence-electron chi connectivity index (χ4n) is 1.85. The zero-order chi connectivity index (χ0) is 13.8. The van der Waals surface area contributed by atoms with Crippen molar-refractivity contribution < 1.29 is 5.11 Å². The lowest BCUT2D eigenvalue weighted by Crippen LogP contribution is -2.19. The molecule has 2 nitrogen and oxygen atoms in total. The SMILES string of the molecule is C=CCN(C)CCC/C(C)=C/CC/C(C)=C/CO. The molecule has 0 rings (SSSR count). The highest BCUT2D eigenvalue weighted by Crippen LogP contribution is 2.10. The monoisotopic (exact) mass is 251 g/mol. The van der Waals surface area contributed by atoms with Gasteiger partial charge in [0.05, 0.1) is 6.61 Å². The molecule has 0 aromatic heterocycles. The molecule has 0 bridgehead atoms. The summed E-state index contributed by atoms with van der Waals surface area (Å²) < 4.78 is 0. The number of hydrogen-bond acceptors (Lipinski definition) is 2. The van der Waals surface area contributed by atoms with E-state index in [2.05, 4.69) is 38.5 Å². The first kappa shape index (κ1) is 17.1. The lowest BCUT2D eigenvalue weighted by Gasteiger charge is -2.13. The summed E-state index contributed by atoms with van der Waals surface area (Å²) in [4.78, 5) is 2.29. The number of rotatable bonds is 10. The highest BCUT2D eigenvalue weighted by molar-refractivity contribution is 5.03. The van der Waals surface area contributed by atoms with Crippen molar-refractivity contribution in [3.63, 3.8) is 0 Å². The Balaban J connectivity index is 3.71. The summed E-state index contributed by atoms with van der Waals surface area (Å²) in [6.07, 6.45) is 10.7. The zero-order valence-corrected chi connectivity index (χ0v) is 12.3. The highest BCUT2D eigenvalue weighted by Gasteiger charge is 1.96. The Morgan fingerprint density at radius 1 is 1.17 bits per heavy atom. The van der Waals surface area contributed by atoms with Crippen molar-refractivity contribution in [2.24, 2.45) is 0 Å². The van der Waals surface area contributed by atoms with E-state index >= 15 is 0 Å². The van der Waals surface area contributed by atoms with Crippen LogP contribution in [0.15, 0.2) is 36.0 Å². The molecule has 0 aliphatic heterocycles. The minimum atomic E-state index is 0.157. The van der Waals surface area contributed by atoms with Gasteiger partial charge in [-0.3, -0.25) is 0 Å². The molecule has 104 valence electrons. The maximum Gasteiger partial charge on any atom is 0.0614 e. The Morgan fingerprint density at radius 2 is 1.83 bits per heavy atom. The lowest BCUT2D eigenvalue weighted by molar-refractivity contribution is 0.341. The Hall–Kier alpha value is -0.860. The van der Waals surface area contributed by atoms with Crippen LogP contribution in [0.2, 0.25) is 0 Å². The van der Waals surface area contributed by atoms with Crippen molar-refractivity contribution in [1.82, 2.24) is 4.90 Å². The van der Waals surface area contributed by atoms with Crippen LogP contribution in [-0.2, 0) is 0 Å². The molecule has 0 saturated carbocycles. The van der Waals surface area contributed by atoms with Crippen molar-refractivity contribution in [2.45, 2.75) is 39.5 Å². The fourth-order valence-corrected chi connectivity index (χ4v) is 1.85. The molecule has 18 heavy (non-hydrogen) atoms. The van der Waals surface area contributed by atoms with Gasteiger partial charge in [0.15, 0.2) is 0 Å². The first-order chi connectivity index (χ1) is 8.60. The average Bonchev–Trinajstić information content (AvgIpc) is 2.29. The van der Waals surface area contributed by atoms with Gasteiger partial charge in [-0.1, -0.05) is 29.4 Å². The summed E-state index contributed by atoms with van der Waals surface area (Å²) >= 11 is 0. The molecular weight excluding hydrogens is 222 g/mol. The number of aliphatic hydroxyl groups excluding tert-OH is 1. The van der Waals surface area contributed by atoms with E-state index in [1.54, 1.807) is 0 Å². The summed E-state index contributed by atoms with van der Waals surface area (Å²) in [5.41, 5.74) is 2.74. The second kappa shape index (κ2) is 11.2. The van der Waals surface area contributed by atoms with Gasteiger partial charge in [-0.25, -0.2) is 0 Å². The number of likely N-dealkylation sites (N-methyl/N-ethyl adjacent to an activating group) is 1. The molecule has 0 aliphatic rings. The lowest BCUT2D eigenvalue weighted by atomic mass is 10.1. The smallest absolute Gasteiger partial charge is 0.0614 e. The van der Waals surface area contributed by atoms with Crippen LogP contribution >= 0.6 is 0 Å². The molecule has 0 aromatic carbocycles. The maximum absolute atomic E-state index is 8.75. The number of hydrogen-bond donors (Lipinski definition) is 1. The van der Waals surface area contributed by atoms with Crippen LogP contribution in [0.4, 0.5) is 0 Å². The standard InChI is InChI=1S/C16H29NO/c1-5-12-17(4)13-7-10-15(2)8-6-9-16(3)11-14-18/h5,8,11,18H,1,6-7,9-10,12-14H2,2-4H3/b15-8+,16-11+. The number of allylic oxidation sites excluding steroid dienone is 3. The van der Waals surface area contributed by atoms with Crippen LogP contribution in [0, 0.1) is 0 Å². The van der Waals surface area contributed by atoms with Crippen LogP contribution in [0.1, 0.15) is 39.5 Å². The van der Waals surface area contributed by atoms with E-state index in [0.717, 1.165) is 25.9 Å². The Labute approximate surface area is 113 Å². The predicted octanol–water partition coefficient (Wildman–Crippen LogP) is 3.55. The maximum atomic E-state index is 8.75. The molecule has 0 amide bonds. The summed E-state index contributed by atoms with van der Waals surface area (Å²) in [5, 5.41) is 8.75. The van der Waals surface area contributed by atoms with Crippen molar-refractivity contribution in [3.05, 3.63) is 36.0 Å². The first-order valence-electron chi connectivity index (χ1n) is 6.81. The van der Waals surface area contributed by atoms with E-state index in [9.17, 15) is 0 Å². The fraction of sp³-hybridized carbons (Fsp3) is 0.625. The van der Waals surface area contributed by atoms with Crippen LogP contribution < -0.4 is 0 Å². The third kappa shape index (κ3) is 10.3. The summed E-state index contributed by atoms with van der Waals surface area (Å²) in [7, 11) is 2.13. The second-order valence-corrected chi connectivity index (χ2v) is 4.98. The van der Waals surface area contributed by atoms with Gasteiger partial charge in [0.25, 0.3) is 0 Å². The molecule has 0 fully saturated rings. The molecule has 0 aliphatic carbocycles. The average molecular weight is 251 g/mol. The first-order valence-corrected chi connectivity index (χ1v) is 6.81. The zero-order valence-electron chi connectivity index (χ0n) is 12.3. The Morgan fingerprint density at radius 3 is 2.44 bits per heavy atom. The van der Waals surface area contributed by atoms with Gasteiger partial charge in [0.1, 0.15) is 0 Å². The molecular formula is C16H29NO. The van der Waals surface area contributed by atoms with Crippen molar-refractivity contribution in [1.29, 1.82) is 0 Å². The van der Waals surface area contributed by atoms with E-state index in [0.29, 0.717) is 0 Å². The van der Waals surface area contributed by atoms with Gasteiger partial charge in [0, 0.05) is 6.54 Å². The summed E-state index contributed by atoms with van der Waals surface area (Å²) in [6, 6.07) is 0. The molecule has 0 radical (unpaired) electrons. The minimum Gasteiger partial charge on any atom is -0.392 e. The van der Waals surface area contributed by atoms with Crippen molar-refractivity contribution in [2.75, 3.05) is 26.7 Å².